The lowest BCUT2D eigenvalue weighted by atomic mass is 10.2. The Bertz CT molecular complexity index is 626. The van der Waals surface area contributed by atoms with Crippen LogP contribution in [0.25, 0.3) is 0 Å². The first-order chi connectivity index (χ1) is 9.33. The van der Waals surface area contributed by atoms with Crippen molar-refractivity contribution in [2.45, 2.75) is 26.6 Å². The van der Waals surface area contributed by atoms with E-state index < -0.39 is 8.32 Å². The molecule has 106 valence electrons. The van der Waals surface area contributed by atoms with Crippen LogP contribution in [0.3, 0.4) is 0 Å². The standard InChI is InChI=1S/C15H21N3OSi/c1-12-6-7-15(19-20(3,4)5)14(8-12)16-9-13-10-18(2)11-17-13/h6-11H,1-5H3. The van der Waals surface area contributed by atoms with Gasteiger partial charge in [0.1, 0.15) is 11.4 Å². The third-order valence-electron chi connectivity index (χ3n) is 2.59. The van der Waals surface area contributed by atoms with Gasteiger partial charge in [-0.15, -0.1) is 0 Å². The molecule has 0 saturated carbocycles. The van der Waals surface area contributed by atoms with Crippen LogP contribution < -0.4 is 4.43 Å². The Hall–Kier alpha value is -1.88. The van der Waals surface area contributed by atoms with Crippen molar-refractivity contribution < 1.29 is 4.43 Å². The van der Waals surface area contributed by atoms with Gasteiger partial charge in [0.15, 0.2) is 0 Å². The predicted molar refractivity (Wildman–Crippen MR) is 85.6 cm³/mol. The average molecular weight is 287 g/mol. The van der Waals surface area contributed by atoms with E-state index in [4.69, 9.17) is 4.43 Å². The summed E-state index contributed by atoms with van der Waals surface area (Å²) in [6.45, 7) is 8.55. The van der Waals surface area contributed by atoms with Gasteiger partial charge in [0, 0.05) is 13.2 Å². The minimum absolute atomic E-state index is 0.841. The van der Waals surface area contributed by atoms with E-state index in [2.05, 4.69) is 42.6 Å². The van der Waals surface area contributed by atoms with Crippen molar-refractivity contribution in [2.24, 2.45) is 12.0 Å². The number of hydrogen-bond acceptors (Lipinski definition) is 3. The molecule has 0 bridgehead atoms. The summed E-state index contributed by atoms with van der Waals surface area (Å²) in [5.74, 6) is 0.849. The van der Waals surface area contributed by atoms with E-state index in [9.17, 15) is 0 Å². The molecule has 0 amide bonds. The SMILES string of the molecule is Cc1ccc(O[Si](C)(C)C)c(N=Cc2cn(C)cn2)c1. The van der Waals surface area contributed by atoms with Gasteiger partial charge in [-0.2, -0.15) is 0 Å². The van der Waals surface area contributed by atoms with Crippen LogP contribution in [0, 0.1) is 6.92 Å². The maximum Gasteiger partial charge on any atom is 0.242 e. The number of benzene rings is 1. The number of aryl methyl sites for hydroxylation is 2. The molecule has 0 unspecified atom stereocenters. The van der Waals surface area contributed by atoms with Crippen LogP contribution in [0.1, 0.15) is 11.3 Å². The molecule has 4 nitrogen and oxygen atoms in total. The number of hydrogen-bond donors (Lipinski definition) is 0. The van der Waals surface area contributed by atoms with E-state index in [1.807, 2.05) is 29.9 Å². The molecule has 0 fully saturated rings. The van der Waals surface area contributed by atoms with Gasteiger partial charge in [-0.05, 0) is 44.3 Å². The summed E-state index contributed by atoms with van der Waals surface area (Å²) in [6, 6.07) is 6.09. The highest BCUT2D eigenvalue weighted by Crippen LogP contribution is 2.30. The van der Waals surface area contributed by atoms with E-state index in [1.54, 1.807) is 12.5 Å². The second-order valence-electron chi connectivity index (χ2n) is 5.91. The Labute approximate surface area is 121 Å². The first-order valence-electron chi connectivity index (χ1n) is 6.65. The van der Waals surface area contributed by atoms with Crippen molar-refractivity contribution in [1.82, 2.24) is 9.55 Å². The minimum Gasteiger partial charge on any atom is -0.543 e. The number of imidazole rings is 1. The molecule has 1 aromatic carbocycles. The number of nitrogens with zero attached hydrogens (tertiary/aromatic N) is 3. The Morgan fingerprint density at radius 2 is 2.05 bits per heavy atom. The molecule has 0 aliphatic carbocycles. The van der Waals surface area contributed by atoms with Crippen molar-refractivity contribution >= 4 is 20.2 Å². The summed E-state index contributed by atoms with van der Waals surface area (Å²) in [5.41, 5.74) is 2.87. The molecule has 0 N–H and O–H groups in total. The van der Waals surface area contributed by atoms with Gasteiger partial charge >= 0.3 is 0 Å². The smallest absolute Gasteiger partial charge is 0.242 e. The van der Waals surface area contributed by atoms with Crippen molar-refractivity contribution in [3.8, 4) is 5.75 Å². The molecule has 1 heterocycles. The molecule has 1 aromatic heterocycles. The first kappa shape index (κ1) is 14.5. The van der Waals surface area contributed by atoms with E-state index in [0.29, 0.717) is 0 Å². The fraction of sp³-hybridized carbons (Fsp3) is 0.333. The third-order valence-corrected chi connectivity index (χ3v) is 3.42. The van der Waals surface area contributed by atoms with Crippen LogP contribution in [0.5, 0.6) is 5.75 Å². The van der Waals surface area contributed by atoms with Gasteiger partial charge in [-0.3, -0.25) is 4.99 Å². The Balaban J connectivity index is 2.29. The van der Waals surface area contributed by atoms with Gasteiger partial charge < -0.3 is 8.99 Å². The molecule has 0 saturated heterocycles. The molecular weight excluding hydrogens is 266 g/mol. The Kier molecular flexibility index (Phi) is 4.08. The number of aliphatic imine (C=N–C) groups is 1. The van der Waals surface area contributed by atoms with Gasteiger partial charge in [0.25, 0.3) is 0 Å². The summed E-state index contributed by atoms with van der Waals surface area (Å²) in [4.78, 5) is 8.77. The second-order valence-corrected chi connectivity index (χ2v) is 10.3. The van der Waals surface area contributed by atoms with Gasteiger partial charge in [0.05, 0.1) is 18.2 Å². The molecule has 2 aromatic rings. The molecular formula is C15H21N3OSi. The van der Waals surface area contributed by atoms with E-state index in [0.717, 1.165) is 17.1 Å². The van der Waals surface area contributed by atoms with Crippen LogP contribution >= 0.6 is 0 Å². The van der Waals surface area contributed by atoms with E-state index in [-0.39, 0.29) is 0 Å². The Morgan fingerprint density at radius 3 is 2.65 bits per heavy atom. The van der Waals surface area contributed by atoms with Crippen LogP contribution in [0.4, 0.5) is 5.69 Å². The van der Waals surface area contributed by atoms with Crippen molar-refractivity contribution in [3.05, 3.63) is 42.0 Å². The maximum atomic E-state index is 6.08. The van der Waals surface area contributed by atoms with Crippen molar-refractivity contribution in [3.63, 3.8) is 0 Å². The zero-order chi connectivity index (χ0) is 14.8. The minimum atomic E-state index is -1.64. The second kappa shape index (κ2) is 5.62. The molecule has 0 spiro atoms. The molecule has 0 radical (unpaired) electrons. The van der Waals surface area contributed by atoms with Crippen LogP contribution in [0.15, 0.2) is 35.7 Å². The molecule has 20 heavy (non-hydrogen) atoms. The van der Waals surface area contributed by atoms with E-state index >= 15 is 0 Å². The van der Waals surface area contributed by atoms with Crippen molar-refractivity contribution in [2.75, 3.05) is 0 Å². The summed E-state index contributed by atoms with van der Waals surface area (Å²) in [5, 5.41) is 0. The normalized spacial score (nSPS) is 12.1. The highest BCUT2D eigenvalue weighted by atomic mass is 28.4. The number of aromatic nitrogens is 2. The van der Waals surface area contributed by atoms with Gasteiger partial charge in [0.2, 0.25) is 8.32 Å². The lowest BCUT2D eigenvalue weighted by molar-refractivity contribution is 0.559. The first-order valence-corrected chi connectivity index (χ1v) is 10.1. The summed E-state index contributed by atoms with van der Waals surface area (Å²) in [6.07, 6.45) is 5.46. The molecule has 5 heteroatoms. The highest BCUT2D eigenvalue weighted by Gasteiger charge is 2.18. The molecule has 2 rings (SSSR count). The van der Waals surface area contributed by atoms with Crippen LogP contribution in [0.2, 0.25) is 19.6 Å². The lowest BCUT2D eigenvalue weighted by Crippen LogP contribution is -2.29. The topological polar surface area (TPSA) is 39.4 Å². The predicted octanol–water partition coefficient (Wildman–Crippen LogP) is 3.69. The van der Waals surface area contributed by atoms with Crippen molar-refractivity contribution in [1.29, 1.82) is 0 Å². The summed E-state index contributed by atoms with van der Waals surface area (Å²) < 4.78 is 7.98. The van der Waals surface area contributed by atoms with Crippen LogP contribution in [-0.2, 0) is 7.05 Å². The number of rotatable bonds is 4. The molecule has 0 aliphatic heterocycles. The summed E-state index contributed by atoms with van der Waals surface area (Å²) >= 11 is 0. The average Bonchev–Trinajstić information content (AvgIpc) is 2.74. The fourth-order valence-corrected chi connectivity index (χ4v) is 2.61. The third kappa shape index (κ3) is 4.06. The summed E-state index contributed by atoms with van der Waals surface area (Å²) in [7, 11) is 0.297. The monoisotopic (exact) mass is 287 g/mol. The molecule has 0 aliphatic rings. The van der Waals surface area contributed by atoms with E-state index in [1.165, 1.54) is 5.56 Å². The Morgan fingerprint density at radius 1 is 1.30 bits per heavy atom. The van der Waals surface area contributed by atoms with Gasteiger partial charge in [-0.25, -0.2) is 4.98 Å². The maximum absolute atomic E-state index is 6.08. The zero-order valence-electron chi connectivity index (χ0n) is 12.7. The highest BCUT2D eigenvalue weighted by molar-refractivity contribution is 6.70. The lowest BCUT2D eigenvalue weighted by Gasteiger charge is -2.20. The van der Waals surface area contributed by atoms with Crippen LogP contribution in [-0.4, -0.2) is 24.1 Å². The fourth-order valence-electron chi connectivity index (χ4n) is 1.78. The zero-order valence-corrected chi connectivity index (χ0v) is 13.7. The quantitative estimate of drug-likeness (QED) is 0.635. The largest absolute Gasteiger partial charge is 0.543 e. The van der Waals surface area contributed by atoms with Gasteiger partial charge in [-0.1, -0.05) is 6.07 Å². The molecule has 0 atom stereocenters.